The lowest BCUT2D eigenvalue weighted by Crippen LogP contribution is -2.14. The van der Waals surface area contributed by atoms with E-state index in [1.54, 1.807) is 0 Å². The lowest BCUT2D eigenvalue weighted by molar-refractivity contribution is 0.00706. The van der Waals surface area contributed by atoms with E-state index in [9.17, 15) is 0 Å². The van der Waals surface area contributed by atoms with Crippen molar-refractivity contribution in [1.82, 2.24) is 0 Å². The number of ether oxygens (including phenoxy) is 7. The van der Waals surface area contributed by atoms with E-state index >= 15 is 0 Å². The molecule has 27 heavy (non-hydrogen) atoms. The smallest absolute Gasteiger partial charge is 0.164 e. The van der Waals surface area contributed by atoms with Gasteiger partial charge in [-0.3, -0.25) is 0 Å². The maximum absolute atomic E-state index is 6.14. The van der Waals surface area contributed by atoms with E-state index in [-0.39, 0.29) is 6.10 Å². The molecule has 0 spiro atoms. The van der Waals surface area contributed by atoms with Gasteiger partial charge in [-0.15, -0.1) is 0 Å². The highest BCUT2D eigenvalue weighted by atomic mass is 16.6. The van der Waals surface area contributed by atoms with Gasteiger partial charge in [0.1, 0.15) is 13.2 Å². The van der Waals surface area contributed by atoms with E-state index in [4.69, 9.17) is 33.2 Å². The molecule has 2 fully saturated rings. The van der Waals surface area contributed by atoms with Crippen LogP contribution in [0.4, 0.5) is 0 Å². The molecule has 3 aliphatic rings. The Morgan fingerprint density at radius 1 is 0.667 bits per heavy atom. The number of epoxide rings is 2. The molecule has 3 aliphatic heterocycles. The summed E-state index contributed by atoms with van der Waals surface area (Å²) in [6.07, 6.45) is 2.32. The zero-order chi connectivity index (χ0) is 18.3. The van der Waals surface area contributed by atoms with E-state index in [1.165, 1.54) is 11.1 Å². The van der Waals surface area contributed by atoms with Gasteiger partial charge in [-0.2, -0.15) is 0 Å². The van der Waals surface area contributed by atoms with Crippen molar-refractivity contribution < 1.29 is 33.2 Å². The lowest BCUT2D eigenvalue weighted by Gasteiger charge is -2.19. The predicted octanol–water partition coefficient (Wildman–Crippen LogP) is 1.39. The third-order valence-corrected chi connectivity index (χ3v) is 4.71. The highest BCUT2D eigenvalue weighted by molar-refractivity contribution is 5.52. The Labute approximate surface area is 159 Å². The molecule has 0 bridgehead atoms. The van der Waals surface area contributed by atoms with Crippen molar-refractivity contribution in [2.75, 3.05) is 66.1 Å². The van der Waals surface area contributed by atoms with Gasteiger partial charge in [0.25, 0.3) is 0 Å². The second-order valence-electron chi connectivity index (χ2n) is 6.88. The van der Waals surface area contributed by atoms with Crippen LogP contribution in [0.3, 0.4) is 0 Å². The van der Waals surface area contributed by atoms with Crippen molar-refractivity contribution in [3.63, 3.8) is 0 Å². The summed E-state index contributed by atoms with van der Waals surface area (Å²) in [4.78, 5) is 0. The van der Waals surface area contributed by atoms with Crippen LogP contribution in [0.25, 0.3) is 0 Å². The van der Waals surface area contributed by atoms with Gasteiger partial charge in [0, 0.05) is 18.4 Å². The van der Waals surface area contributed by atoms with E-state index < -0.39 is 0 Å². The van der Waals surface area contributed by atoms with Crippen molar-refractivity contribution in [1.29, 1.82) is 0 Å². The summed E-state index contributed by atoms with van der Waals surface area (Å²) < 4.78 is 39.6. The molecule has 0 N–H and O–H groups in total. The fourth-order valence-corrected chi connectivity index (χ4v) is 3.13. The molecule has 0 aliphatic carbocycles. The van der Waals surface area contributed by atoms with E-state index in [2.05, 4.69) is 6.07 Å². The van der Waals surface area contributed by atoms with Gasteiger partial charge in [-0.1, -0.05) is 6.07 Å². The topological polar surface area (TPSA) is 71.2 Å². The molecule has 1 aromatic rings. The van der Waals surface area contributed by atoms with Crippen LogP contribution in [0.1, 0.15) is 11.1 Å². The maximum atomic E-state index is 6.14. The van der Waals surface area contributed by atoms with Crippen LogP contribution in [0.5, 0.6) is 11.5 Å². The number of hydrogen-bond donors (Lipinski definition) is 0. The minimum atomic E-state index is 0.271. The summed E-state index contributed by atoms with van der Waals surface area (Å²) >= 11 is 0. The standard InChI is InChI=1S/C20H28O7/c1-2-19-20(18(12-17-14-27-17)15(1)11-16-13-26-16)25-10-8-23-6-4-21-3-5-22-7-9-24-19/h1-2,16-17H,3-14H2/t16-,17-/m1/s1. The lowest BCUT2D eigenvalue weighted by atomic mass is 9.97. The largest absolute Gasteiger partial charge is 0.487 e. The minimum Gasteiger partial charge on any atom is -0.487 e. The first kappa shape index (κ1) is 19.0. The summed E-state index contributed by atoms with van der Waals surface area (Å²) in [6, 6.07) is 4.12. The summed E-state index contributed by atoms with van der Waals surface area (Å²) in [5, 5.41) is 0. The molecule has 0 amide bonds. The van der Waals surface area contributed by atoms with Crippen molar-refractivity contribution in [3.05, 3.63) is 23.3 Å². The molecule has 1 aromatic carbocycles. The van der Waals surface area contributed by atoms with Crippen LogP contribution in [0, 0.1) is 0 Å². The molecule has 0 radical (unpaired) electrons. The van der Waals surface area contributed by atoms with Crippen molar-refractivity contribution in [2.24, 2.45) is 0 Å². The first-order valence-corrected chi connectivity index (χ1v) is 9.77. The maximum Gasteiger partial charge on any atom is 0.164 e. The fourth-order valence-electron chi connectivity index (χ4n) is 3.13. The normalized spacial score (nSPS) is 26.7. The number of benzene rings is 1. The highest BCUT2D eigenvalue weighted by Crippen LogP contribution is 2.38. The SMILES string of the molecule is c1cc2c(c(C[C@@H]3CO3)c1C[C@@H]1CO1)OCCOCCOCCOCCO2. The Bertz CT molecular complexity index is 598. The molecule has 4 rings (SSSR count). The van der Waals surface area contributed by atoms with Gasteiger partial charge >= 0.3 is 0 Å². The first-order chi connectivity index (χ1) is 13.4. The molecule has 150 valence electrons. The Hall–Kier alpha value is -1.38. The van der Waals surface area contributed by atoms with E-state index in [0.717, 1.165) is 37.6 Å². The Morgan fingerprint density at radius 2 is 1.22 bits per heavy atom. The van der Waals surface area contributed by atoms with Crippen molar-refractivity contribution >= 4 is 0 Å². The third-order valence-electron chi connectivity index (χ3n) is 4.71. The summed E-state index contributed by atoms with van der Waals surface area (Å²) in [5.41, 5.74) is 2.41. The van der Waals surface area contributed by atoms with Crippen LogP contribution in [0.2, 0.25) is 0 Å². The third kappa shape index (κ3) is 6.05. The average Bonchev–Trinajstić information content (AvgIpc) is 3.57. The summed E-state index contributed by atoms with van der Waals surface area (Å²) in [7, 11) is 0. The minimum absolute atomic E-state index is 0.271. The van der Waals surface area contributed by atoms with Crippen LogP contribution >= 0.6 is 0 Å². The van der Waals surface area contributed by atoms with E-state index in [0.29, 0.717) is 59.0 Å². The fraction of sp³-hybridized carbons (Fsp3) is 0.700. The zero-order valence-electron chi connectivity index (χ0n) is 15.7. The second-order valence-corrected chi connectivity index (χ2v) is 6.88. The van der Waals surface area contributed by atoms with Gasteiger partial charge in [0.15, 0.2) is 11.5 Å². The number of rotatable bonds is 4. The molecular formula is C20H28O7. The molecule has 2 saturated heterocycles. The molecular weight excluding hydrogens is 352 g/mol. The Morgan fingerprint density at radius 3 is 1.85 bits per heavy atom. The van der Waals surface area contributed by atoms with Crippen LogP contribution in [0.15, 0.2) is 12.1 Å². The van der Waals surface area contributed by atoms with Gasteiger partial charge in [-0.05, 0) is 11.6 Å². The van der Waals surface area contributed by atoms with Gasteiger partial charge in [0.05, 0.1) is 65.1 Å². The van der Waals surface area contributed by atoms with Crippen LogP contribution in [-0.4, -0.2) is 78.3 Å². The summed E-state index contributed by atoms with van der Waals surface area (Å²) in [5.74, 6) is 1.55. The van der Waals surface area contributed by atoms with Gasteiger partial charge < -0.3 is 33.2 Å². The molecule has 0 unspecified atom stereocenters. The van der Waals surface area contributed by atoms with Gasteiger partial charge in [0.2, 0.25) is 0 Å². The average molecular weight is 380 g/mol. The van der Waals surface area contributed by atoms with Crippen molar-refractivity contribution in [2.45, 2.75) is 25.0 Å². The van der Waals surface area contributed by atoms with Crippen LogP contribution in [-0.2, 0) is 36.5 Å². The second kappa shape index (κ2) is 9.71. The highest BCUT2D eigenvalue weighted by Gasteiger charge is 2.30. The predicted molar refractivity (Wildman–Crippen MR) is 96.8 cm³/mol. The Kier molecular flexibility index (Phi) is 6.81. The monoisotopic (exact) mass is 380 g/mol. The molecule has 7 nitrogen and oxygen atoms in total. The summed E-state index contributed by atoms with van der Waals surface area (Å²) in [6.45, 7) is 5.83. The molecule has 0 aromatic heterocycles. The van der Waals surface area contributed by atoms with E-state index in [1.807, 2.05) is 6.07 Å². The molecule has 7 heteroatoms. The van der Waals surface area contributed by atoms with Crippen molar-refractivity contribution in [3.8, 4) is 11.5 Å². The first-order valence-electron chi connectivity index (χ1n) is 9.77. The molecule has 2 atom stereocenters. The van der Waals surface area contributed by atoms with Gasteiger partial charge in [-0.25, -0.2) is 0 Å². The molecule has 0 saturated carbocycles. The van der Waals surface area contributed by atoms with Crippen LogP contribution < -0.4 is 9.47 Å². The zero-order valence-corrected chi connectivity index (χ0v) is 15.7. The number of hydrogen-bond acceptors (Lipinski definition) is 7. The molecule has 3 heterocycles. The number of fused-ring (bicyclic) bond motifs is 1. The Balaban J connectivity index is 1.51. The quantitative estimate of drug-likeness (QED) is 0.731.